The van der Waals surface area contributed by atoms with Gasteiger partial charge in [-0.15, -0.1) is 0 Å². The molecule has 0 radical (unpaired) electrons. The first-order valence-electron chi connectivity index (χ1n) is 15.7. The first-order chi connectivity index (χ1) is 20.5. The Hall–Kier alpha value is -3.64. The molecule has 0 saturated carbocycles. The van der Waals surface area contributed by atoms with Crippen molar-refractivity contribution in [1.29, 1.82) is 0 Å². The van der Waals surface area contributed by atoms with Gasteiger partial charge in [0.25, 0.3) is 5.91 Å². The van der Waals surface area contributed by atoms with Crippen molar-refractivity contribution >= 4 is 16.9 Å². The van der Waals surface area contributed by atoms with Crippen molar-refractivity contribution in [1.82, 2.24) is 19.4 Å². The highest BCUT2D eigenvalue weighted by molar-refractivity contribution is 5.94. The number of fused-ring (bicyclic) bond motifs is 3. The van der Waals surface area contributed by atoms with Crippen LogP contribution in [0.4, 0.5) is 0 Å². The predicted molar refractivity (Wildman–Crippen MR) is 167 cm³/mol. The molecule has 1 amide bonds. The molecule has 1 aromatic heterocycles. The Bertz CT molecular complexity index is 1540. The summed E-state index contributed by atoms with van der Waals surface area (Å²) < 4.78 is 7.89. The third kappa shape index (κ3) is 4.90. The van der Waals surface area contributed by atoms with Crippen molar-refractivity contribution < 1.29 is 9.53 Å². The molecule has 42 heavy (non-hydrogen) atoms. The van der Waals surface area contributed by atoms with Crippen LogP contribution in [-0.4, -0.2) is 64.1 Å². The molecule has 0 N–H and O–H groups in total. The maximum atomic E-state index is 13.4. The highest BCUT2D eigenvalue weighted by atomic mass is 16.5. The van der Waals surface area contributed by atoms with Gasteiger partial charge in [0, 0.05) is 36.8 Å². The smallest absolute Gasteiger partial charge is 0.253 e. The Balaban J connectivity index is 1.06. The topological polar surface area (TPSA) is 50.6 Å². The van der Waals surface area contributed by atoms with Crippen LogP contribution in [0.2, 0.25) is 0 Å². The van der Waals surface area contributed by atoms with Crippen LogP contribution in [0.5, 0.6) is 5.75 Å². The molecule has 2 bridgehead atoms. The number of carbonyl (C=O) groups excluding carboxylic acids is 1. The normalized spacial score (nSPS) is 23.8. The Morgan fingerprint density at radius 2 is 1.62 bits per heavy atom. The van der Waals surface area contributed by atoms with Gasteiger partial charge in [0.2, 0.25) is 0 Å². The largest absolute Gasteiger partial charge is 0.497 e. The average molecular weight is 563 g/mol. The number of imidazole rings is 1. The number of amides is 1. The van der Waals surface area contributed by atoms with Crippen LogP contribution in [0.15, 0.2) is 78.9 Å². The fourth-order valence-corrected chi connectivity index (χ4v) is 8.34. The van der Waals surface area contributed by atoms with Crippen LogP contribution in [-0.2, 0) is 5.41 Å². The number of hydrogen-bond donors (Lipinski definition) is 0. The number of benzene rings is 3. The third-order valence-electron chi connectivity index (χ3n) is 10.6. The lowest BCUT2D eigenvalue weighted by Crippen LogP contribution is -2.49. The van der Waals surface area contributed by atoms with Crippen molar-refractivity contribution in [2.24, 2.45) is 0 Å². The fraction of sp³-hybridized carbons (Fsp3) is 0.444. The lowest BCUT2D eigenvalue weighted by Gasteiger charge is -2.45. The maximum Gasteiger partial charge on any atom is 0.253 e. The molecular weight excluding hydrogens is 520 g/mol. The summed E-state index contributed by atoms with van der Waals surface area (Å²) in [5, 5.41) is 0. The number of aromatic nitrogens is 2. The zero-order chi connectivity index (χ0) is 28.7. The number of rotatable bonds is 7. The monoisotopic (exact) mass is 562 g/mol. The van der Waals surface area contributed by atoms with Crippen LogP contribution >= 0.6 is 0 Å². The second kappa shape index (κ2) is 11.2. The van der Waals surface area contributed by atoms with Crippen LogP contribution in [0.3, 0.4) is 0 Å². The number of para-hydroxylation sites is 2. The summed E-state index contributed by atoms with van der Waals surface area (Å²) in [5.41, 5.74) is 4.64. The zero-order valence-electron chi connectivity index (χ0n) is 24.9. The van der Waals surface area contributed by atoms with Gasteiger partial charge in [-0.05, 0) is 99.7 Å². The van der Waals surface area contributed by atoms with E-state index in [-0.39, 0.29) is 11.3 Å². The van der Waals surface area contributed by atoms with Crippen LogP contribution in [0, 0.1) is 6.92 Å². The molecule has 0 aliphatic carbocycles. The number of likely N-dealkylation sites (tertiary alicyclic amines) is 1. The molecule has 6 nitrogen and oxygen atoms in total. The number of methoxy groups -OCH3 is 1. The van der Waals surface area contributed by atoms with E-state index < -0.39 is 0 Å². The summed E-state index contributed by atoms with van der Waals surface area (Å²) in [6.45, 7) is 4.87. The van der Waals surface area contributed by atoms with Crippen molar-refractivity contribution in [2.45, 2.75) is 75.4 Å². The first kappa shape index (κ1) is 27.2. The maximum absolute atomic E-state index is 13.4. The van der Waals surface area contributed by atoms with E-state index in [0.29, 0.717) is 23.7 Å². The number of piperidine rings is 2. The molecule has 3 saturated heterocycles. The first-order valence-corrected chi connectivity index (χ1v) is 15.7. The van der Waals surface area contributed by atoms with E-state index in [9.17, 15) is 4.79 Å². The number of nitrogens with zero attached hydrogens (tertiary/aromatic N) is 4. The molecule has 218 valence electrons. The molecule has 3 atom stereocenters. The van der Waals surface area contributed by atoms with E-state index in [2.05, 4.69) is 71.0 Å². The van der Waals surface area contributed by atoms with E-state index in [4.69, 9.17) is 9.72 Å². The number of hydrogen-bond acceptors (Lipinski definition) is 4. The van der Waals surface area contributed by atoms with E-state index >= 15 is 0 Å². The second-order valence-corrected chi connectivity index (χ2v) is 12.7. The van der Waals surface area contributed by atoms with Crippen molar-refractivity contribution in [3.63, 3.8) is 0 Å². The Morgan fingerprint density at radius 3 is 2.36 bits per heavy atom. The number of aryl methyl sites for hydroxylation is 1. The molecule has 3 aliphatic rings. The average Bonchev–Trinajstić information content (AvgIpc) is 3.50. The van der Waals surface area contributed by atoms with E-state index in [0.717, 1.165) is 56.0 Å². The van der Waals surface area contributed by atoms with Gasteiger partial charge in [-0.3, -0.25) is 9.69 Å². The molecule has 4 heterocycles. The van der Waals surface area contributed by atoms with E-state index in [1.807, 2.05) is 29.2 Å². The van der Waals surface area contributed by atoms with Crippen molar-refractivity contribution in [3.05, 3.63) is 95.8 Å². The summed E-state index contributed by atoms with van der Waals surface area (Å²) in [5.74, 6) is 1.98. The summed E-state index contributed by atoms with van der Waals surface area (Å²) in [4.78, 5) is 23.2. The molecule has 6 heteroatoms. The van der Waals surface area contributed by atoms with Gasteiger partial charge in [0.05, 0.1) is 18.1 Å². The Labute approximate surface area is 249 Å². The summed E-state index contributed by atoms with van der Waals surface area (Å²) in [6, 6.07) is 29.1. The van der Waals surface area contributed by atoms with Crippen LogP contribution < -0.4 is 4.74 Å². The van der Waals surface area contributed by atoms with Gasteiger partial charge in [-0.1, -0.05) is 48.5 Å². The molecule has 7 rings (SSSR count). The SMILES string of the molecule is COc1cccc(C(=O)N2CCC(CCN3[C@@H]4CC[C@H]3CC(n3c(C)nc5ccccc53)C4)(c3ccccc3)CC2)c1. The van der Waals surface area contributed by atoms with Crippen LogP contribution in [0.25, 0.3) is 11.0 Å². The lowest BCUT2D eigenvalue weighted by molar-refractivity contribution is 0.0606. The standard InChI is InChI=1S/C36H42N4O2/c1-26-37-33-13-6-7-14-34(33)40(26)31-24-29-15-16-30(25-31)39(29)22-19-36(28-10-4-3-5-11-28)17-20-38(21-18-36)35(41)27-9-8-12-32(23-27)42-2/h3-14,23,29-31H,15-22,24-25H2,1-2H3/t29-,30+,31?. The second-order valence-electron chi connectivity index (χ2n) is 12.7. The van der Waals surface area contributed by atoms with Crippen molar-refractivity contribution in [2.75, 3.05) is 26.7 Å². The minimum absolute atomic E-state index is 0.0971. The predicted octanol–water partition coefficient (Wildman–Crippen LogP) is 6.79. The molecule has 4 aromatic rings. The molecule has 0 spiro atoms. The lowest BCUT2D eigenvalue weighted by atomic mass is 9.70. The molecule has 1 unspecified atom stereocenters. The van der Waals surface area contributed by atoms with Gasteiger partial charge in [-0.25, -0.2) is 4.98 Å². The third-order valence-corrected chi connectivity index (χ3v) is 10.6. The highest BCUT2D eigenvalue weighted by Crippen LogP contribution is 2.45. The number of carbonyl (C=O) groups is 1. The molecular formula is C36H42N4O2. The minimum Gasteiger partial charge on any atom is -0.497 e. The highest BCUT2D eigenvalue weighted by Gasteiger charge is 2.44. The Kier molecular flexibility index (Phi) is 7.27. The fourth-order valence-electron chi connectivity index (χ4n) is 8.34. The van der Waals surface area contributed by atoms with Crippen LogP contribution in [0.1, 0.15) is 72.7 Å². The summed E-state index contributed by atoms with van der Waals surface area (Å²) in [7, 11) is 1.65. The zero-order valence-corrected chi connectivity index (χ0v) is 24.9. The summed E-state index contributed by atoms with van der Waals surface area (Å²) >= 11 is 0. The van der Waals surface area contributed by atoms with Gasteiger partial charge < -0.3 is 14.2 Å². The number of ether oxygens (including phenoxy) is 1. The minimum atomic E-state index is 0.0971. The quantitative estimate of drug-likeness (QED) is 0.249. The van der Waals surface area contributed by atoms with E-state index in [1.54, 1.807) is 7.11 Å². The molecule has 3 aliphatic heterocycles. The summed E-state index contributed by atoms with van der Waals surface area (Å²) in [6.07, 6.45) is 8.15. The van der Waals surface area contributed by atoms with Gasteiger partial charge in [0.1, 0.15) is 11.6 Å². The molecule has 3 aromatic carbocycles. The molecule has 3 fully saturated rings. The van der Waals surface area contributed by atoms with Crippen molar-refractivity contribution in [3.8, 4) is 5.75 Å². The Morgan fingerprint density at radius 1 is 0.905 bits per heavy atom. The van der Waals surface area contributed by atoms with Gasteiger partial charge >= 0.3 is 0 Å². The van der Waals surface area contributed by atoms with Gasteiger partial charge in [0.15, 0.2) is 0 Å². The van der Waals surface area contributed by atoms with E-state index in [1.165, 1.54) is 36.8 Å². The van der Waals surface area contributed by atoms with Gasteiger partial charge in [-0.2, -0.15) is 0 Å².